The van der Waals surface area contributed by atoms with Gasteiger partial charge in [-0.2, -0.15) is 0 Å². The van der Waals surface area contributed by atoms with Gasteiger partial charge < -0.3 is 24.3 Å². The van der Waals surface area contributed by atoms with Crippen LogP contribution in [0.15, 0.2) is 23.4 Å². The average Bonchev–Trinajstić information content (AvgIpc) is 2.93. The van der Waals surface area contributed by atoms with E-state index in [2.05, 4.69) is 5.32 Å². The first-order chi connectivity index (χ1) is 11.1. The molecule has 7 heteroatoms. The standard InChI is InChI=1S/C16H17NO6/c1-20-11-4-8(5-12(21-2)15(11)22-3)9-6-13(18)17-10-7-23-16(19)14(9)10/h4-5,9H,6-7H2,1-3H3,(H,17,18). The number of carbonyl (C=O) groups is 2. The average molecular weight is 319 g/mol. The summed E-state index contributed by atoms with van der Waals surface area (Å²) in [5, 5.41) is 2.70. The molecule has 0 fully saturated rings. The van der Waals surface area contributed by atoms with E-state index in [-0.39, 0.29) is 18.9 Å². The van der Waals surface area contributed by atoms with Crippen LogP contribution >= 0.6 is 0 Å². The Kier molecular flexibility index (Phi) is 3.85. The molecule has 1 amide bonds. The number of amides is 1. The van der Waals surface area contributed by atoms with Crippen LogP contribution in [-0.4, -0.2) is 39.8 Å². The van der Waals surface area contributed by atoms with Crippen LogP contribution in [0.3, 0.4) is 0 Å². The second-order valence-electron chi connectivity index (χ2n) is 5.23. The van der Waals surface area contributed by atoms with Crippen LogP contribution < -0.4 is 19.5 Å². The van der Waals surface area contributed by atoms with Crippen molar-refractivity contribution in [3.63, 3.8) is 0 Å². The molecule has 1 unspecified atom stereocenters. The summed E-state index contributed by atoms with van der Waals surface area (Å²) in [6.45, 7) is 0.0980. The second-order valence-corrected chi connectivity index (χ2v) is 5.23. The molecule has 0 aromatic heterocycles. The first-order valence-corrected chi connectivity index (χ1v) is 7.09. The molecule has 2 aliphatic rings. The number of methoxy groups -OCH3 is 3. The van der Waals surface area contributed by atoms with Crippen LogP contribution in [0.5, 0.6) is 17.2 Å². The van der Waals surface area contributed by atoms with E-state index >= 15 is 0 Å². The largest absolute Gasteiger partial charge is 0.493 e. The minimum atomic E-state index is -0.404. The second kappa shape index (κ2) is 5.83. The Morgan fingerprint density at radius 1 is 1.09 bits per heavy atom. The number of carbonyl (C=O) groups excluding carboxylic acids is 2. The first kappa shape index (κ1) is 15.2. The number of hydrogen-bond acceptors (Lipinski definition) is 6. The van der Waals surface area contributed by atoms with Gasteiger partial charge in [-0.3, -0.25) is 4.79 Å². The summed E-state index contributed by atoms with van der Waals surface area (Å²) in [5.74, 6) is 0.451. The molecule has 0 saturated heterocycles. The van der Waals surface area contributed by atoms with Crippen molar-refractivity contribution in [1.82, 2.24) is 5.32 Å². The fraction of sp³-hybridized carbons (Fsp3) is 0.375. The predicted molar refractivity (Wildman–Crippen MR) is 79.6 cm³/mol. The number of ether oxygens (including phenoxy) is 4. The van der Waals surface area contributed by atoms with Crippen LogP contribution in [0.1, 0.15) is 17.9 Å². The molecule has 2 heterocycles. The van der Waals surface area contributed by atoms with Gasteiger partial charge in [0.05, 0.1) is 32.6 Å². The van der Waals surface area contributed by atoms with Crippen molar-refractivity contribution in [3.05, 3.63) is 29.0 Å². The van der Waals surface area contributed by atoms with Crippen molar-refractivity contribution in [2.24, 2.45) is 0 Å². The maximum Gasteiger partial charge on any atom is 0.336 e. The molecule has 2 aliphatic heterocycles. The van der Waals surface area contributed by atoms with Gasteiger partial charge >= 0.3 is 5.97 Å². The number of nitrogens with one attached hydrogen (secondary N) is 1. The van der Waals surface area contributed by atoms with Crippen molar-refractivity contribution in [1.29, 1.82) is 0 Å². The topological polar surface area (TPSA) is 83.1 Å². The van der Waals surface area contributed by atoms with E-state index < -0.39 is 11.9 Å². The molecule has 1 atom stereocenters. The summed E-state index contributed by atoms with van der Waals surface area (Å²) in [7, 11) is 4.55. The summed E-state index contributed by atoms with van der Waals surface area (Å²) in [5.41, 5.74) is 1.75. The smallest absolute Gasteiger partial charge is 0.336 e. The summed E-state index contributed by atoms with van der Waals surface area (Å²) in [6.07, 6.45) is 0.159. The van der Waals surface area contributed by atoms with E-state index in [0.717, 1.165) is 5.56 Å². The summed E-state index contributed by atoms with van der Waals surface area (Å²) >= 11 is 0. The number of cyclic esters (lactones) is 1. The Labute approximate surface area is 133 Å². The third-order valence-electron chi connectivity index (χ3n) is 4.01. The van der Waals surface area contributed by atoms with Gasteiger partial charge in [-0.05, 0) is 17.7 Å². The lowest BCUT2D eigenvalue weighted by Crippen LogP contribution is -2.32. The van der Waals surface area contributed by atoms with Crippen molar-refractivity contribution < 1.29 is 28.5 Å². The lowest BCUT2D eigenvalue weighted by atomic mass is 9.85. The molecule has 0 bridgehead atoms. The predicted octanol–water partition coefficient (Wildman–Crippen LogP) is 1.13. The Morgan fingerprint density at radius 2 is 1.74 bits per heavy atom. The van der Waals surface area contributed by atoms with Crippen LogP contribution in [0, 0.1) is 0 Å². The van der Waals surface area contributed by atoms with Crippen LogP contribution in [-0.2, 0) is 14.3 Å². The SMILES string of the molecule is COc1cc(C2CC(=O)NC3=C2C(=O)OC3)cc(OC)c1OC. The van der Waals surface area contributed by atoms with Crippen LogP contribution in [0.2, 0.25) is 0 Å². The van der Waals surface area contributed by atoms with Gasteiger partial charge in [-0.1, -0.05) is 0 Å². The zero-order chi connectivity index (χ0) is 16.6. The van der Waals surface area contributed by atoms with Gasteiger partial charge in [0.15, 0.2) is 11.5 Å². The monoisotopic (exact) mass is 319 g/mol. The molecular formula is C16H17NO6. The number of benzene rings is 1. The van der Waals surface area contributed by atoms with Gasteiger partial charge in [0, 0.05) is 12.3 Å². The quantitative estimate of drug-likeness (QED) is 0.838. The third-order valence-corrected chi connectivity index (χ3v) is 4.01. The van der Waals surface area contributed by atoms with Gasteiger partial charge in [-0.25, -0.2) is 4.79 Å². The highest BCUT2D eigenvalue weighted by atomic mass is 16.5. The van der Waals surface area contributed by atoms with Gasteiger partial charge in [-0.15, -0.1) is 0 Å². The maximum atomic E-state index is 12.0. The Balaban J connectivity index is 2.12. The summed E-state index contributed by atoms with van der Waals surface area (Å²) < 4.78 is 21.0. The summed E-state index contributed by atoms with van der Waals surface area (Å²) in [4.78, 5) is 23.9. The van der Waals surface area contributed by atoms with E-state index in [1.807, 2.05) is 0 Å². The number of esters is 1. The fourth-order valence-corrected chi connectivity index (χ4v) is 2.97. The molecule has 122 valence electrons. The van der Waals surface area contributed by atoms with E-state index in [0.29, 0.717) is 28.5 Å². The Hall–Kier alpha value is -2.70. The zero-order valence-electron chi connectivity index (χ0n) is 13.1. The van der Waals surface area contributed by atoms with Crippen molar-refractivity contribution >= 4 is 11.9 Å². The van der Waals surface area contributed by atoms with Gasteiger partial charge in [0.25, 0.3) is 0 Å². The van der Waals surface area contributed by atoms with E-state index in [4.69, 9.17) is 18.9 Å². The Morgan fingerprint density at radius 3 is 2.30 bits per heavy atom. The summed E-state index contributed by atoms with van der Waals surface area (Å²) in [6, 6.07) is 3.50. The lowest BCUT2D eigenvalue weighted by molar-refractivity contribution is -0.136. The third kappa shape index (κ3) is 2.48. The lowest BCUT2D eigenvalue weighted by Gasteiger charge is -2.24. The van der Waals surface area contributed by atoms with Crippen LogP contribution in [0.4, 0.5) is 0 Å². The van der Waals surface area contributed by atoms with Crippen molar-refractivity contribution in [3.8, 4) is 17.2 Å². The Bertz CT molecular complexity index is 684. The highest BCUT2D eigenvalue weighted by Crippen LogP contribution is 2.44. The van der Waals surface area contributed by atoms with E-state index in [1.54, 1.807) is 12.1 Å². The van der Waals surface area contributed by atoms with Crippen molar-refractivity contribution in [2.75, 3.05) is 27.9 Å². The molecule has 1 aromatic carbocycles. The molecule has 7 nitrogen and oxygen atoms in total. The molecule has 1 aromatic rings. The molecule has 0 saturated carbocycles. The van der Waals surface area contributed by atoms with Gasteiger partial charge in [0.1, 0.15) is 6.61 Å². The minimum absolute atomic E-state index is 0.0980. The molecular weight excluding hydrogens is 302 g/mol. The first-order valence-electron chi connectivity index (χ1n) is 7.09. The van der Waals surface area contributed by atoms with Gasteiger partial charge in [0.2, 0.25) is 11.7 Å². The molecule has 0 spiro atoms. The van der Waals surface area contributed by atoms with E-state index in [9.17, 15) is 9.59 Å². The maximum absolute atomic E-state index is 12.0. The molecule has 1 N–H and O–H groups in total. The molecule has 23 heavy (non-hydrogen) atoms. The molecule has 3 rings (SSSR count). The van der Waals surface area contributed by atoms with Crippen molar-refractivity contribution in [2.45, 2.75) is 12.3 Å². The number of hydrogen-bond donors (Lipinski definition) is 1. The molecule has 0 aliphatic carbocycles. The van der Waals surface area contributed by atoms with E-state index in [1.165, 1.54) is 21.3 Å². The van der Waals surface area contributed by atoms with Crippen LogP contribution in [0.25, 0.3) is 0 Å². The normalized spacial score (nSPS) is 19.9. The number of rotatable bonds is 4. The highest BCUT2D eigenvalue weighted by molar-refractivity contribution is 5.98. The minimum Gasteiger partial charge on any atom is -0.493 e. The zero-order valence-corrected chi connectivity index (χ0v) is 13.1. The fourth-order valence-electron chi connectivity index (χ4n) is 2.97. The highest BCUT2D eigenvalue weighted by Gasteiger charge is 2.38. The molecule has 0 radical (unpaired) electrons.